The van der Waals surface area contributed by atoms with Gasteiger partial charge in [-0.2, -0.15) is 0 Å². The van der Waals surface area contributed by atoms with Crippen LogP contribution in [-0.2, 0) is 36.8 Å². The fraction of sp³-hybridized carbons (Fsp3) is 0.462. The number of methoxy groups -OCH3 is 2. The molecule has 1 unspecified atom stereocenters. The first-order chi connectivity index (χ1) is 24.5. The van der Waals surface area contributed by atoms with Gasteiger partial charge in [0, 0.05) is 24.8 Å². The van der Waals surface area contributed by atoms with Crippen molar-refractivity contribution < 1.29 is 33.4 Å². The van der Waals surface area contributed by atoms with Crippen molar-refractivity contribution in [3.05, 3.63) is 90.1 Å². The van der Waals surface area contributed by atoms with Gasteiger partial charge in [-0.3, -0.25) is 20.0 Å². The molecule has 0 saturated heterocycles. The fourth-order valence-corrected chi connectivity index (χ4v) is 5.42. The van der Waals surface area contributed by atoms with Gasteiger partial charge in [0.1, 0.15) is 12.1 Å². The number of rotatable bonds is 15. The number of benzene rings is 2. The fourth-order valence-electron chi connectivity index (χ4n) is 5.42. The van der Waals surface area contributed by atoms with Crippen molar-refractivity contribution in [3.8, 4) is 11.3 Å². The Kier molecular flexibility index (Phi) is 15.1. The molecule has 4 atom stereocenters. The average Bonchev–Trinajstić information content (AvgIpc) is 3.09. The Balaban J connectivity index is 2.03. The number of hydrogen-bond donors (Lipinski definition) is 4. The van der Waals surface area contributed by atoms with Gasteiger partial charge in [-0.05, 0) is 62.8 Å². The number of pyridine rings is 1. The summed E-state index contributed by atoms with van der Waals surface area (Å²) in [6.07, 6.45) is -0.0507. The highest BCUT2D eigenvalue weighted by Gasteiger charge is 2.37. The lowest BCUT2D eigenvalue weighted by molar-refractivity contribution is -0.135. The zero-order chi connectivity index (χ0) is 38.5. The molecule has 4 N–H and O–H groups in total. The van der Waals surface area contributed by atoms with E-state index in [1.807, 2.05) is 114 Å². The maximum absolute atomic E-state index is 14.1. The van der Waals surface area contributed by atoms with E-state index in [0.717, 1.165) is 22.4 Å². The molecule has 3 rings (SSSR count). The van der Waals surface area contributed by atoms with E-state index in [2.05, 4.69) is 26.4 Å². The van der Waals surface area contributed by atoms with E-state index in [1.54, 1.807) is 18.1 Å². The summed E-state index contributed by atoms with van der Waals surface area (Å²) in [6, 6.07) is 20.7. The standard InChI is InChI=1S/C39H54N6O7/c1-26(41-36(48)50-8)34(46)44-45(24-28-18-20-29(21-19-28)30-17-13-14-22-40-30)25-32(52-39(5,6)7)31(23-27-15-11-10-12-16-27)42-35(47)33(38(2,3)4)43-37(49)51-9/h10-22,26,31-33H,23-25H2,1-9H3,(H,41,48)(H,42,47)(H,43,49)(H,44,46)/t26-,31-,32-,33?/m0/s1. The smallest absolute Gasteiger partial charge is 0.407 e. The Bertz CT molecular complexity index is 1590. The van der Waals surface area contributed by atoms with Crippen LogP contribution in [0.25, 0.3) is 11.3 Å². The average molecular weight is 719 g/mol. The van der Waals surface area contributed by atoms with Gasteiger partial charge in [0.2, 0.25) is 5.91 Å². The highest BCUT2D eigenvalue weighted by molar-refractivity contribution is 5.87. The highest BCUT2D eigenvalue weighted by Crippen LogP contribution is 2.23. The Morgan fingerprint density at radius 1 is 0.750 bits per heavy atom. The predicted molar refractivity (Wildman–Crippen MR) is 199 cm³/mol. The quantitative estimate of drug-likeness (QED) is 0.159. The number of carbonyl (C=O) groups excluding carboxylic acids is 4. The second-order valence-electron chi connectivity index (χ2n) is 14.6. The van der Waals surface area contributed by atoms with Gasteiger partial charge in [-0.15, -0.1) is 0 Å². The topological polar surface area (TPSA) is 160 Å². The maximum atomic E-state index is 14.1. The number of ether oxygens (including phenoxy) is 3. The van der Waals surface area contributed by atoms with Crippen molar-refractivity contribution in [2.75, 3.05) is 20.8 Å². The molecule has 2 aromatic carbocycles. The molecule has 0 radical (unpaired) electrons. The SMILES string of the molecule is COC(=O)NC(C(=O)N[C@@H](Cc1ccccc1)[C@H](CN(Cc1ccc(-c2ccccn2)cc1)NC(=O)[C@H](C)NC(=O)OC)OC(C)(C)C)C(C)(C)C. The second-order valence-corrected chi connectivity index (χ2v) is 14.6. The summed E-state index contributed by atoms with van der Waals surface area (Å²) >= 11 is 0. The van der Waals surface area contributed by atoms with Crippen LogP contribution in [0.5, 0.6) is 0 Å². The number of alkyl carbamates (subject to hydrolysis) is 2. The Labute approximate surface area is 307 Å². The molecule has 0 spiro atoms. The summed E-state index contributed by atoms with van der Waals surface area (Å²) in [6.45, 7) is 13.2. The van der Waals surface area contributed by atoms with Crippen LogP contribution in [0.15, 0.2) is 79.0 Å². The lowest BCUT2D eigenvalue weighted by Crippen LogP contribution is -2.61. The highest BCUT2D eigenvalue weighted by atomic mass is 16.5. The van der Waals surface area contributed by atoms with Crippen LogP contribution in [0.3, 0.4) is 0 Å². The lowest BCUT2D eigenvalue weighted by Gasteiger charge is -2.39. The van der Waals surface area contributed by atoms with Crippen LogP contribution < -0.4 is 21.4 Å². The van der Waals surface area contributed by atoms with Crippen molar-refractivity contribution in [1.82, 2.24) is 31.4 Å². The molecule has 0 aliphatic heterocycles. The van der Waals surface area contributed by atoms with Gasteiger partial charge in [0.25, 0.3) is 5.91 Å². The van der Waals surface area contributed by atoms with Crippen LogP contribution in [0, 0.1) is 5.41 Å². The Hall–Kier alpha value is -5.01. The molecule has 13 nitrogen and oxygen atoms in total. The first-order valence-electron chi connectivity index (χ1n) is 17.3. The van der Waals surface area contributed by atoms with Crippen LogP contribution in [0.1, 0.15) is 59.6 Å². The Morgan fingerprint density at radius 3 is 1.92 bits per heavy atom. The number of carbonyl (C=O) groups is 4. The van der Waals surface area contributed by atoms with E-state index in [1.165, 1.54) is 14.2 Å². The summed E-state index contributed by atoms with van der Waals surface area (Å²) < 4.78 is 16.2. The molecule has 52 heavy (non-hydrogen) atoms. The number of nitrogens with zero attached hydrogens (tertiary/aromatic N) is 2. The molecular weight excluding hydrogens is 664 g/mol. The molecule has 1 heterocycles. The summed E-state index contributed by atoms with van der Waals surface area (Å²) in [5.41, 5.74) is 5.21. The van der Waals surface area contributed by atoms with E-state index in [4.69, 9.17) is 14.2 Å². The number of hydrazine groups is 1. The van der Waals surface area contributed by atoms with Gasteiger partial charge >= 0.3 is 12.2 Å². The van der Waals surface area contributed by atoms with Crippen LogP contribution in [0.4, 0.5) is 9.59 Å². The monoisotopic (exact) mass is 718 g/mol. The van der Waals surface area contributed by atoms with Gasteiger partial charge in [0.15, 0.2) is 0 Å². The zero-order valence-corrected chi connectivity index (χ0v) is 31.7. The van der Waals surface area contributed by atoms with Gasteiger partial charge in [-0.25, -0.2) is 14.6 Å². The summed E-state index contributed by atoms with van der Waals surface area (Å²) in [7, 11) is 2.47. The third-order valence-corrected chi connectivity index (χ3v) is 8.03. The maximum Gasteiger partial charge on any atom is 0.407 e. The Morgan fingerprint density at radius 2 is 1.37 bits per heavy atom. The van der Waals surface area contributed by atoms with Crippen LogP contribution in [-0.4, -0.2) is 84.6 Å². The van der Waals surface area contributed by atoms with Crippen molar-refractivity contribution >= 4 is 24.0 Å². The van der Waals surface area contributed by atoms with E-state index in [0.29, 0.717) is 6.42 Å². The first kappa shape index (κ1) is 41.4. The van der Waals surface area contributed by atoms with Crippen molar-refractivity contribution in [1.29, 1.82) is 0 Å². The van der Waals surface area contributed by atoms with Crippen LogP contribution in [0.2, 0.25) is 0 Å². The van der Waals surface area contributed by atoms with E-state index >= 15 is 0 Å². The normalized spacial score (nSPS) is 14.0. The molecule has 4 amide bonds. The largest absolute Gasteiger partial charge is 0.453 e. The molecule has 282 valence electrons. The minimum atomic E-state index is -0.938. The summed E-state index contributed by atoms with van der Waals surface area (Å²) in [5.74, 6) is -0.901. The van der Waals surface area contributed by atoms with E-state index in [-0.39, 0.29) is 13.1 Å². The minimum Gasteiger partial charge on any atom is -0.453 e. The van der Waals surface area contributed by atoms with Crippen molar-refractivity contribution in [3.63, 3.8) is 0 Å². The van der Waals surface area contributed by atoms with Crippen LogP contribution >= 0.6 is 0 Å². The summed E-state index contributed by atoms with van der Waals surface area (Å²) in [5, 5.41) is 10.1. The number of aromatic nitrogens is 1. The first-order valence-corrected chi connectivity index (χ1v) is 17.3. The lowest BCUT2D eigenvalue weighted by atomic mass is 9.85. The number of amides is 4. The van der Waals surface area contributed by atoms with Gasteiger partial charge in [-0.1, -0.05) is 81.4 Å². The number of nitrogens with one attached hydrogen (secondary N) is 4. The van der Waals surface area contributed by atoms with E-state index < -0.39 is 59.2 Å². The van der Waals surface area contributed by atoms with E-state index in [9.17, 15) is 19.2 Å². The molecule has 1 aromatic heterocycles. The minimum absolute atomic E-state index is 0.123. The molecule has 0 saturated carbocycles. The van der Waals surface area contributed by atoms with Crippen molar-refractivity contribution in [2.45, 2.75) is 91.3 Å². The molecule has 0 aliphatic carbocycles. The predicted octanol–water partition coefficient (Wildman–Crippen LogP) is 5.01. The molecule has 13 heteroatoms. The number of hydrogen-bond acceptors (Lipinski definition) is 9. The van der Waals surface area contributed by atoms with Gasteiger partial charge < -0.3 is 30.2 Å². The molecule has 0 fully saturated rings. The van der Waals surface area contributed by atoms with Gasteiger partial charge in [0.05, 0.1) is 37.7 Å². The molecule has 0 aliphatic rings. The van der Waals surface area contributed by atoms with Crippen molar-refractivity contribution in [2.24, 2.45) is 5.41 Å². The second kappa shape index (κ2) is 19.0. The third-order valence-electron chi connectivity index (χ3n) is 8.03. The molecular formula is C39H54N6O7. The zero-order valence-electron chi connectivity index (χ0n) is 31.7. The summed E-state index contributed by atoms with van der Waals surface area (Å²) in [4.78, 5) is 56.2. The molecule has 0 bridgehead atoms. The third kappa shape index (κ3) is 13.6. The molecule has 3 aromatic rings.